The van der Waals surface area contributed by atoms with Crippen molar-refractivity contribution in [1.29, 1.82) is 0 Å². The summed E-state index contributed by atoms with van der Waals surface area (Å²) in [4.78, 5) is 11.5. The van der Waals surface area contributed by atoms with Gasteiger partial charge >= 0.3 is 0 Å². The molecule has 0 saturated heterocycles. The van der Waals surface area contributed by atoms with Gasteiger partial charge in [-0.25, -0.2) is 0 Å². The molecule has 13 heavy (non-hydrogen) atoms. The minimum atomic E-state index is 0.266. The summed E-state index contributed by atoms with van der Waals surface area (Å²) in [5.74, 6) is 0.266. The van der Waals surface area contributed by atoms with E-state index in [4.69, 9.17) is 0 Å². The van der Waals surface area contributed by atoms with E-state index < -0.39 is 0 Å². The number of hydrogen-bond donors (Lipinski definition) is 1. The second kappa shape index (κ2) is 3.24. The fourth-order valence-corrected chi connectivity index (χ4v) is 2.28. The van der Waals surface area contributed by atoms with Gasteiger partial charge in [0.05, 0.1) is 4.47 Å². The number of rotatable bonds is 0. The minimum absolute atomic E-state index is 0.266. The number of Topliss-reactive ketones (excluding diaryl/α,β-unsaturated/α-hetero) is 1. The Morgan fingerprint density at radius 2 is 2.08 bits per heavy atom. The van der Waals surface area contributed by atoms with E-state index in [1.807, 2.05) is 12.1 Å². The summed E-state index contributed by atoms with van der Waals surface area (Å²) in [7, 11) is 0. The molecule has 1 aromatic rings. The second-order valence-electron chi connectivity index (χ2n) is 3.34. The van der Waals surface area contributed by atoms with Crippen molar-refractivity contribution in [2.45, 2.75) is 19.3 Å². The zero-order valence-electron chi connectivity index (χ0n) is 7.27. The minimum Gasteiger partial charge on any atom is -0.324 e. The molecule has 0 fully saturated rings. The fourth-order valence-electron chi connectivity index (χ4n) is 1.74. The third-order valence-corrected chi connectivity index (χ3v) is 3.44. The van der Waals surface area contributed by atoms with Crippen LogP contribution in [-0.2, 0) is 6.42 Å². The van der Waals surface area contributed by atoms with Gasteiger partial charge < -0.3 is 5.73 Å². The number of quaternary nitrogens is 1. The molecular formula is C10H11BrNO+. The molecule has 1 aliphatic rings. The number of carbonyl (C=O) groups is 1. The van der Waals surface area contributed by atoms with E-state index in [0.717, 1.165) is 34.1 Å². The third-order valence-electron chi connectivity index (χ3n) is 2.45. The molecule has 2 nitrogen and oxygen atoms in total. The second-order valence-corrected chi connectivity index (χ2v) is 4.13. The number of carbonyl (C=O) groups excluding carboxylic acids is 1. The molecule has 0 unspecified atom stereocenters. The van der Waals surface area contributed by atoms with Gasteiger partial charge in [0.2, 0.25) is 0 Å². The van der Waals surface area contributed by atoms with E-state index in [1.165, 1.54) is 0 Å². The average Bonchev–Trinajstić information content (AvgIpc) is 2.12. The molecule has 68 valence electrons. The molecule has 0 amide bonds. The van der Waals surface area contributed by atoms with Crippen LogP contribution in [0.15, 0.2) is 16.6 Å². The molecule has 1 aliphatic carbocycles. The maximum absolute atomic E-state index is 11.5. The van der Waals surface area contributed by atoms with Gasteiger partial charge in [-0.05, 0) is 40.4 Å². The number of fused-ring (bicyclic) bond motifs is 1. The first-order valence-corrected chi connectivity index (χ1v) is 5.16. The zero-order chi connectivity index (χ0) is 9.42. The molecule has 0 heterocycles. The third kappa shape index (κ3) is 1.42. The molecule has 0 atom stereocenters. The van der Waals surface area contributed by atoms with Crippen LogP contribution in [0.25, 0.3) is 0 Å². The Hall–Kier alpha value is -0.670. The maximum Gasteiger partial charge on any atom is 0.163 e. The highest BCUT2D eigenvalue weighted by Crippen LogP contribution is 2.31. The van der Waals surface area contributed by atoms with Crippen LogP contribution in [0.2, 0.25) is 0 Å². The lowest BCUT2D eigenvalue weighted by molar-refractivity contribution is -0.255. The predicted octanol–water partition coefficient (Wildman–Crippen LogP) is 1.84. The monoisotopic (exact) mass is 240 g/mol. The average molecular weight is 241 g/mol. The van der Waals surface area contributed by atoms with Crippen LogP contribution in [0.1, 0.15) is 28.8 Å². The summed E-state index contributed by atoms with van der Waals surface area (Å²) >= 11 is 3.48. The van der Waals surface area contributed by atoms with Crippen LogP contribution in [0.3, 0.4) is 0 Å². The van der Waals surface area contributed by atoms with Gasteiger partial charge in [-0.1, -0.05) is 0 Å². The Morgan fingerprint density at radius 3 is 2.85 bits per heavy atom. The topological polar surface area (TPSA) is 44.7 Å². The number of ketones is 1. The number of halogens is 1. The van der Waals surface area contributed by atoms with E-state index in [9.17, 15) is 4.79 Å². The highest BCUT2D eigenvalue weighted by atomic mass is 79.9. The van der Waals surface area contributed by atoms with Crippen LogP contribution in [0.5, 0.6) is 0 Å². The Balaban J connectivity index is 2.63. The standard InChI is InChI=1S/C10H10BrNO/c11-10-7-2-1-3-9(13)6(7)4-5-8(10)12/h4-5H,1-3,12H2/p+1. The van der Waals surface area contributed by atoms with Gasteiger partial charge in [0.1, 0.15) is 5.69 Å². The van der Waals surface area contributed by atoms with Gasteiger partial charge in [0, 0.05) is 18.1 Å². The highest BCUT2D eigenvalue weighted by molar-refractivity contribution is 9.10. The summed E-state index contributed by atoms with van der Waals surface area (Å²) in [6, 6.07) is 3.79. The number of hydrogen-bond acceptors (Lipinski definition) is 1. The van der Waals surface area contributed by atoms with Crippen molar-refractivity contribution >= 4 is 27.4 Å². The first kappa shape index (κ1) is 8.91. The van der Waals surface area contributed by atoms with Crippen molar-refractivity contribution in [2.75, 3.05) is 0 Å². The predicted molar refractivity (Wildman–Crippen MR) is 54.0 cm³/mol. The van der Waals surface area contributed by atoms with Gasteiger partial charge in [-0.3, -0.25) is 4.79 Å². The molecule has 0 aromatic heterocycles. The lowest BCUT2D eigenvalue weighted by Crippen LogP contribution is -2.41. The summed E-state index contributed by atoms with van der Waals surface area (Å²) in [6.07, 6.45) is 2.65. The Kier molecular flexibility index (Phi) is 2.22. The van der Waals surface area contributed by atoms with Crippen LogP contribution < -0.4 is 5.73 Å². The molecule has 0 spiro atoms. The van der Waals surface area contributed by atoms with Crippen LogP contribution in [0, 0.1) is 0 Å². The highest BCUT2D eigenvalue weighted by Gasteiger charge is 2.20. The summed E-state index contributed by atoms with van der Waals surface area (Å²) in [5, 5.41) is 0. The molecule has 2 rings (SSSR count). The van der Waals surface area contributed by atoms with Crippen molar-refractivity contribution in [3.05, 3.63) is 27.7 Å². The van der Waals surface area contributed by atoms with Crippen LogP contribution >= 0.6 is 15.9 Å². The quantitative estimate of drug-likeness (QED) is 0.740. The first-order valence-electron chi connectivity index (χ1n) is 4.36. The van der Waals surface area contributed by atoms with Crippen molar-refractivity contribution < 1.29 is 10.5 Å². The van der Waals surface area contributed by atoms with E-state index in [0.29, 0.717) is 6.42 Å². The zero-order valence-corrected chi connectivity index (χ0v) is 8.86. The van der Waals surface area contributed by atoms with Crippen LogP contribution in [0.4, 0.5) is 5.69 Å². The normalized spacial score (nSPS) is 15.7. The van der Waals surface area contributed by atoms with Gasteiger partial charge in [-0.15, -0.1) is 0 Å². The van der Waals surface area contributed by atoms with Crippen molar-refractivity contribution in [3.8, 4) is 0 Å². The summed E-state index contributed by atoms with van der Waals surface area (Å²) < 4.78 is 1.01. The molecule has 0 bridgehead atoms. The van der Waals surface area contributed by atoms with Gasteiger partial charge in [0.15, 0.2) is 5.78 Å². The Labute approximate surface area is 85.3 Å². The first-order chi connectivity index (χ1) is 6.20. The lowest BCUT2D eigenvalue weighted by Gasteiger charge is -2.15. The van der Waals surface area contributed by atoms with E-state index >= 15 is 0 Å². The fraction of sp³-hybridized carbons (Fsp3) is 0.300. The molecule has 3 heteroatoms. The van der Waals surface area contributed by atoms with E-state index in [2.05, 4.69) is 21.7 Å². The SMILES string of the molecule is [NH3+]c1ccc2c(c1Br)CCCC2=O. The number of benzene rings is 1. The van der Waals surface area contributed by atoms with Crippen LogP contribution in [-0.4, -0.2) is 5.78 Å². The molecule has 1 aromatic carbocycles. The smallest absolute Gasteiger partial charge is 0.163 e. The van der Waals surface area contributed by atoms with E-state index in [1.54, 1.807) is 0 Å². The Morgan fingerprint density at radius 1 is 1.31 bits per heavy atom. The van der Waals surface area contributed by atoms with Crippen molar-refractivity contribution in [3.63, 3.8) is 0 Å². The Bertz CT molecular complexity index is 373. The molecule has 0 radical (unpaired) electrons. The molecule has 3 N–H and O–H groups in total. The molecule has 0 saturated carbocycles. The summed E-state index contributed by atoms with van der Waals surface area (Å²) in [5.41, 5.74) is 6.88. The molecular weight excluding hydrogens is 230 g/mol. The summed E-state index contributed by atoms with van der Waals surface area (Å²) in [6.45, 7) is 0. The van der Waals surface area contributed by atoms with Gasteiger partial charge in [0.25, 0.3) is 0 Å². The van der Waals surface area contributed by atoms with Crippen molar-refractivity contribution in [2.24, 2.45) is 0 Å². The van der Waals surface area contributed by atoms with Gasteiger partial charge in [-0.2, -0.15) is 0 Å². The lowest BCUT2D eigenvalue weighted by atomic mass is 9.90. The maximum atomic E-state index is 11.5. The van der Waals surface area contributed by atoms with E-state index in [-0.39, 0.29) is 5.78 Å². The van der Waals surface area contributed by atoms with Crippen molar-refractivity contribution in [1.82, 2.24) is 0 Å². The largest absolute Gasteiger partial charge is 0.324 e. The molecule has 0 aliphatic heterocycles.